The minimum absolute atomic E-state index is 0.636. The van der Waals surface area contributed by atoms with Crippen LogP contribution in [0.15, 0.2) is 18.2 Å². The van der Waals surface area contributed by atoms with E-state index in [2.05, 4.69) is 45.1 Å². The minimum atomic E-state index is 0.636. The molecule has 0 heterocycles. The molecule has 1 aliphatic carbocycles. The van der Waals surface area contributed by atoms with Gasteiger partial charge in [-0.1, -0.05) is 38.1 Å². The molecule has 0 aliphatic heterocycles. The standard InChI is InChI=1S/C13H16/c1-9(2)11-8-7-10(3)12-5-4-6-13(11)12/h4,6-9H,5H2,1-3H3. The maximum Gasteiger partial charge on any atom is -0.00854 e. The van der Waals surface area contributed by atoms with Gasteiger partial charge in [0.2, 0.25) is 0 Å². The zero-order valence-electron chi connectivity index (χ0n) is 8.59. The molecular weight excluding hydrogens is 156 g/mol. The summed E-state index contributed by atoms with van der Waals surface area (Å²) in [4.78, 5) is 0. The molecule has 1 aromatic rings. The summed E-state index contributed by atoms with van der Waals surface area (Å²) in [6.07, 6.45) is 5.67. The van der Waals surface area contributed by atoms with Gasteiger partial charge in [-0.3, -0.25) is 0 Å². The fourth-order valence-electron chi connectivity index (χ4n) is 2.06. The third kappa shape index (κ3) is 1.31. The van der Waals surface area contributed by atoms with Crippen molar-refractivity contribution in [2.45, 2.75) is 33.1 Å². The summed E-state index contributed by atoms with van der Waals surface area (Å²) in [5.41, 5.74) is 5.94. The Bertz CT molecular complexity index is 357. The van der Waals surface area contributed by atoms with Crippen molar-refractivity contribution in [3.05, 3.63) is 40.5 Å². The summed E-state index contributed by atoms with van der Waals surface area (Å²) in [7, 11) is 0. The van der Waals surface area contributed by atoms with Crippen LogP contribution in [0, 0.1) is 6.92 Å². The molecule has 0 aromatic heterocycles. The Kier molecular flexibility index (Phi) is 1.99. The summed E-state index contributed by atoms with van der Waals surface area (Å²) in [6, 6.07) is 4.52. The van der Waals surface area contributed by atoms with Crippen molar-refractivity contribution in [1.82, 2.24) is 0 Å². The van der Waals surface area contributed by atoms with Crippen LogP contribution in [0.25, 0.3) is 6.08 Å². The molecule has 0 radical (unpaired) electrons. The van der Waals surface area contributed by atoms with Gasteiger partial charge in [0.05, 0.1) is 0 Å². The van der Waals surface area contributed by atoms with Crippen LogP contribution in [0.1, 0.15) is 42.0 Å². The van der Waals surface area contributed by atoms with Crippen LogP contribution in [-0.4, -0.2) is 0 Å². The van der Waals surface area contributed by atoms with E-state index in [9.17, 15) is 0 Å². The summed E-state index contributed by atoms with van der Waals surface area (Å²) < 4.78 is 0. The van der Waals surface area contributed by atoms with Gasteiger partial charge in [0.15, 0.2) is 0 Å². The van der Waals surface area contributed by atoms with Crippen LogP contribution in [0.3, 0.4) is 0 Å². The second-order valence-electron chi connectivity index (χ2n) is 4.13. The van der Waals surface area contributed by atoms with Gasteiger partial charge in [0.1, 0.15) is 0 Å². The number of hydrogen-bond donors (Lipinski definition) is 0. The average molecular weight is 172 g/mol. The fourth-order valence-corrected chi connectivity index (χ4v) is 2.06. The van der Waals surface area contributed by atoms with Gasteiger partial charge in [-0.05, 0) is 41.5 Å². The predicted octanol–water partition coefficient (Wildman–Crippen LogP) is 3.69. The van der Waals surface area contributed by atoms with Gasteiger partial charge in [0, 0.05) is 0 Å². The van der Waals surface area contributed by atoms with E-state index < -0.39 is 0 Å². The Hall–Kier alpha value is -1.04. The third-order valence-corrected chi connectivity index (χ3v) is 2.85. The molecular formula is C13H16. The number of benzene rings is 1. The quantitative estimate of drug-likeness (QED) is 0.606. The van der Waals surface area contributed by atoms with Crippen LogP contribution < -0.4 is 0 Å². The molecule has 0 bridgehead atoms. The van der Waals surface area contributed by atoms with Gasteiger partial charge in [-0.15, -0.1) is 0 Å². The van der Waals surface area contributed by atoms with Crippen LogP contribution >= 0.6 is 0 Å². The highest BCUT2D eigenvalue weighted by molar-refractivity contribution is 5.65. The molecule has 68 valence electrons. The van der Waals surface area contributed by atoms with E-state index >= 15 is 0 Å². The largest absolute Gasteiger partial charge is 0.0795 e. The summed E-state index contributed by atoms with van der Waals surface area (Å²) in [5.74, 6) is 0.636. The Labute approximate surface area is 80.3 Å². The van der Waals surface area contributed by atoms with Gasteiger partial charge in [-0.25, -0.2) is 0 Å². The molecule has 2 rings (SSSR count). The third-order valence-electron chi connectivity index (χ3n) is 2.85. The van der Waals surface area contributed by atoms with Crippen LogP contribution in [0.4, 0.5) is 0 Å². The molecule has 0 amide bonds. The molecule has 0 saturated heterocycles. The first kappa shape index (κ1) is 8.55. The van der Waals surface area contributed by atoms with E-state index in [0.29, 0.717) is 5.92 Å². The lowest BCUT2D eigenvalue weighted by molar-refractivity contribution is 0.861. The fraction of sp³-hybridized carbons (Fsp3) is 0.385. The molecule has 0 nitrogen and oxygen atoms in total. The van der Waals surface area contributed by atoms with Crippen molar-refractivity contribution in [3.8, 4) is 0 Å². The van der Waals surface area contributed by atoms with E-state index in [1.165, 1.54) is 22.3 Å². The lowest BCUT2D eigenvalue weighted by Gasteiger charge is -2.12. The monoisotopic (exact) mass is 172 g/mol. The number of rotatable bonds is 1. The van der Waals surface area contributed by atoms with Gasteiger partial charge in [0.25, 0.3) is 0 Å². The first-order valence-corrected chi connectivity index (χ1v) is 4.99. The zero-order chi connectivity index (χ0) is 9.42. The topological polar surface area (TPSA) is 0 Å². The van der Waals surface area contributed by atoms with Gasteiger partial charge < -0.3 is 0 Å². The maximum atomic E-state index is 2.28. The molecule has 0 N–H and O–H groups in total. The number of aryl methyl sites for hydroxylation is 1. The van der Waals surface area contributed by atoms with Gasteiger partial charge in [-0.2, -0.15) is 0 Å². The highest BCUT2D eigenvalue weighted by Crippen LogP contribution is 2.30. The number of fused-ring (bicyclic) bond motifs is 1. The number of allylic oxidation sites excluding steroid dienone is 1. The summed E-state index contributed by atoms with van der Waals surface area (Å²) in [5, 5.41) is 0. The summed E-state index contributed by atoms with van der Waals surface area (Å²) >= 11 is 0. The maximum absolute atomic E-state index is 2.28. The molecule has 0 spiro atoms. The first-order chi connectivity index (χ1) is 6.20. The van der Waals surface area contributed by atoms with Crippen LogP contribution in [0.5, 0.6) is 0 Å². The molecule has 0 heteroatoms. The number of hydrogen-bond acceptors (Lipinski definition) is 0. The van der Waals surface area contributed by atoms with Crippen LogP contribution in [-0.2, 0) is 6.42 Å². The molecule has 0 unspecified atom stereocenters. The Balaban J connectivity index is 2.61. The molecule has 13 heavy (non-hydrogen) atoms. The Morgan fingerprint density at radius 3 is 2.69 bits per heavy atom. The van der Waals surface area contributed by atoms with E-state index in [0.717, 1.165) is 6.42 Å². The van der Waals surface area contributed by atoms with Gasteiger partial charge >= 0.3 is 0 Å². The smallest absolute Gasteiger partial charge is 0.00854 e. The Morgan fingerprint density at radius 2 is 2.00 bits per heavy atom. The second-order valence-corrected chi connectivity index (χ2v) is 4.13. The molecule has 1 aliphatic rings. The lowest BCUT2D eigenvalue weighted by atomic mass is 9.92. The minimum Gasteiger partial charge on any atom is -0.0795 e. The van der Waals surface area contributed by atoms with Crippen molar-refractivity contribution in [1.29, 1.82) is 0 Å². The lowest BCUT2D eigenvalue weighted by Crippen LogP contribution is -1.96. The van der Waals surface area contributed by atoms with E-state index in [-0.39, 0.29) is 0 Å². The molecule has 0 atom stereocenters. The highest BCUT2D eigenvalue weighted by atomic mass is 14.2. The van der Waals surface area contributed by atoms with Crippen molar-refractivity contribution >= 4 is 6.08 Å². The normalized spacial score (nSPS) is 13.8. The van der Waals surface area contributed by atoms with E-state index in [4.69, 9.17) is 0 Å². The predicted molar refractivity (Wildman–Crippen MR) is 58.0 cm³/mol. The van der Waals surface area contributed by atoms with Crippen molar-refractivity contribution < 1.29 is 0 Å². The van der Waals surface area contributed by atoms with Crippen LogP contribution in [0.2, 0.25) is 0 Å². The van der Waals surface area contributed by atoms with E-state index in [1.807, 2.05) is 0 Å². The highest BCUT2D eigenvalue weighted by Gasteiger charge is 2.13. The molecule has 1 aromatic carbocycles. The van der Waals surface area contributed by atoms with Crippen molar-refractivity contribution in [2.75, 3.05) is 0 Å². The second kappa shape index (κ2) is 3.02. The molecule has 0 fully saturated rings. The van der Waals surface area contributed by atoms with Crippen molar-refractivity contribution in [2.24, 2.45) is 0 Å². The zero-order valence-corrected chi connectivity index (χ0v) is 8.59. The SMILES string of the molecule is Cc1ccc(C(C)C)c2c1CC=C2. The summed E-state index contributed by atoms with van der Waals surface area (Å²) in [6.45, 7) is 6.73. The van der Waals surface area contributed by atoms with Crippen molar-refractivity contribution in [3.63, 3.8) is 0 Å². The average Bonchev–Trinajstić information content (AvgIpc) is 2.53. The Morgan fingerprint density at radius 1 is 1.23 bits per heavy atom. The first-order valence-electron chi connectivity index (χ1n) is 4.99. The van der Waals surface area contributed by atoms with E-state index in [1.54, 1.807) is 0 Å². The molecule has 0 saturated carbocycles.